The van der Waals surface area contributed by atoms with Gasteiger partial charge in [0, 0.05) is 32.2 Å². The zero-order valence-corrected chi connectivity index (χ0v) is 17.5. The molecule has 0 saturated carbocycles. The number of aromatic nitrogens is 2. The lowest BCUT2D eigenvalue weighted by molar-refractivity contribution is 0.244. The van der Waals surface area contributed by atoms with E-state index in [0.29, 0.717) is 18.8 Å². The largest absolute Gasteiger partial charge is 0.373 e. The van der Waals surface area contributed by atoms with Crippen LogP contribution in [0.1, 0.15) is 42.4 Å². The molecule has 0 aliphatic carbocycles. The van der Waals surface area contributed by atoms with Crippen molar-refractivity contribution in [1.82, 2.24) is 19.2 Å². The van der Waals surface area contributed by atoms with Crippen molar-refractivity contribution in [3.8, 4) is 0 Å². The Labute approximate surface area is 171 Å². The fourth-order valence-corrected chi connectivity index (χ4v) is 5.78. The quantitative estimate of drug-likeness (QED) is 0.821. The van der Waals surface area contributed by atoms with Crippen LogP contribution in [0.5, 0.6) is 0 Å². The first-order valence-corrected chi connectivity index (χ1v) is 11.4. The molecule has 9 heteroatoms. The second-order valence-corrected chi connectivity index (χ2v) is 9.57. The van der Waals surface area contributed by atoms with Gasteiger partial charge < -0.3 is 10.2 Å². The smallest absolute Gasteiger partial charge is 0.243 e. The van der Waals surface area contributed by atoms with Gasteiger partial charge in [0.1, 0.15) is 17.5 Å². The Kier molecular flexibility index (Phi) is 5.54. The highest BCUT2D eigenvalue weighted by molar-refractivity contribution is 7.89. The molecule has 2 aromatic rings. The first kappa shape index (κ1) is 20.2. The van der Waals surface area contributed by atoms with E-state index in [4.69, 9.17) is 9.97 Å². The van der Waals surface area contributed by atoms with Crippen LogP contribution >= 0.6 is 0 Å². The Balaban J connectivity index is 1.74. The van der Waals surface area contributed by atoms with Gasteiger partial charge in [-0.3, -0.25) is 0 Å². The van der Waals surface area contributed by atoms with Crippen molar-refractivity contribution in [2.24, 2.45) is 0 Å². The standard InChI is InChI=1S/C20H26FN5O2S/c1-22-19-16-10-12-25(2)13-17(16)23-20(24-19)18-5-3-4-11-26(18)29(27,28)15-8-6-14(21)7-9-15/h6-9,18H,3-5,10-13H2,1-2H3,(H,22,23,24). The van der Waals surface area contributed by atoms with E-state index in [0.717, 1.165) is 49.4 Å². The van der Waals surface area contributed by atoms with Crippen LogP contribution in [-0.2, 0) is 23.0 Å². The summed E-state index contributed by atoms with van der Waals surface area (Å²) < 4.78 is 41.4. The van der Waals surface area contributed by atoms with E-state index < -0.39 is 21.9 Å². The molecule has 2 aliphatic heterocycles. The van der Waals surface area contributed by atoms with E-state index in [2.05, 4.69) is 17.3 Å². The number of nitrogens with zero attached hydrogens (tertiary/aromatic N) is 4. The molecule has 156 valence electrons. The minimum atomic E-state index is -3.77. The zero-order valence-electron chi connectivity index (χ0n) is 16.7. The van der Waals surface area contributed by atoms with E-state index in [1.165, 1.54) is 28.6 Å². The van der Waals surface area contributed by atoms with Crippen LogP contribution in [0.25, 0.3) is 0 Å². The number of likely N-dealkylation sites (N-methyl/N-ethyl adjacent to an activating group) is 1. The number of hydrogen-bond donors (Lipinski definition) is 1. The summed E-state index contributed by atoms with van der Waals surface area (Å²) in [5.74, 6) is 0.858. The number of sulfonamides is 1. The summed E-state index contributed by atoms with van der Waals surface area (Å²) >= 11 is 0. The monoisotopic (exact) mass is 419 g/mol. The fraction of sp³-hybridized carbons (Fsp3) is 0.500. The highest BCUT2D eigenvalue weighted by Gasteiger charge is 2.37. The Morgan fingerprint density at radius 3 is 2.62 bits per heavy atom. The molecule has 1 aromatic carbocycles. The maximum atomic E-state index is 13.3. The van der Waals surface area contributed by atoms with Gasteiger partial charge >= 0.3 is 0 Å². The number of hydrogen-bond acceptors (Lipinski definition) is 6. The molecular weight excluding hydrogens is 393 g/mol. The molecular formula is C20H26FN5O2S. The van der Waals surface area contributed by atoms with Gasteiger partial charge in [0.25, 0.3) is 0 Å². The predicted octanol–water partition coefficient (Wildman–Crippen LogP) is 2.56. The minimum Gasteiger partial charge on any atom is -0.373 e. The van der Waals surface area contributed by atoms with Crippen LogP contribution in [0.15, 0.2) is 29.2 Å². The van der Waals surface area contributed by atoms with Crippen LogP contribution in [0.3, 0.4) is 0 Å². The van der Waals surface area contributed by atoms with Gasteiger partial charge in [-0.1, -0.05) is 6.42 Å². The average Bonchev–Trinajstić information content (AvgIpc) is 2.73. The van der Waals surface area contributed by atoms with Crippen molar-refractivity contribution in [3.05, 3.63) is 47.2 Å². The maximum absolute atomic E-state index is 13.3. The Hall–Kier alpha value is -2.10. The molecule has 0 amide bonds. The van der Waals surface area contributed by atoms with E-state index in [-0.39, 0.29) is 4.90 Å². The van der Waals surface area contributed by atoms with Crippen molar-refractivity contribution >= 4 is 15.8 Å². The number of rotatable bonds is 4. The summed E-state index contributed by atoms with van der Waals surface area (Å²) in [5, 5.41) is 3.16. The Morgan fingerprint density at radius 1 is 1.14 bits per heavy atom. The maximum Gasteiger partial charge on any atom is 0.243 e. The number of nitrogens with one attached hydrogen (secondary N) is 1. The van der Waals surface area contributed by atoms with Crippen LogP contribution in [0, 0.1) is 5.82 Å². The van der Waals surface area contributed by atoms with E-state index in [1.807, 2.05) is 7.05 Å². The van der Waals surface area contributed by atoms with Crippen molar-refractivity contribution in [3.63, 3.8) is 0 Å². The summed E-state index contributed by atoms with van der Waals surface area (Å²) in [6, 6.07) is 4.56. The lowest BCUT2D eigenvalue weighted by atomic mass is 10.0. The van der Waals surface area contributed by atoms with E-state index in [1.54, 1.807) is 0 Å². The zero-order chi connectivity index (χ0) is 20.6. The molecule has 3 heterocycles. The second kappa shape index (κ2) is 7.97. The summed E-state index contributed by atoms with van der Waals surface area (Å²) in [4.78, 5) is 11.8. The van der Waals surface area contributed by atoms with Crippen molar-refractivity contribution < 1.29 is 12.8 Å². The highest BCUT2D eigenvalue weighted by atomic mass is 32.2. The van der Waals surface area contributed by atoms with Crippen molar-refractivity contribution in [2.45, 2.75) is 43.2 Å². The van der Waals surface area contributed by atoms with Crippen LogP contribution < -0.4 is 5.32 Å². The third kappa shape index (κ3) is 3.86. The average molecular weight is 420 g/mol. The van der Waals surface area contributed by atoms with Crippen LogP contribution in [0.2, 0.25) is 0 Å². The summed E-state index contributed by atoms with van der Waals surface area (Å²) in [6.07, 6.45) is 3.22. The Bertz CT molecular complexity index is 997. The molecule has 2 aliphatic rings. The topological polar surface area (TPSA) is 78.4 Å². The summed E-state index contributed by atoms with van der Waals surface area (Å²) in [6.45, 7) is 2.06. The summed E-state index contributed by atoms with van der Waals surface area (Å²) in [5.41, 5.74) is 2.07. The number of anilines is 1. The molecule has 0 spiro atoms. The van der Waals surface area contributed by atoms with Crippen LogP contribution in [-0.4, -0.2) is 54.8 Å². The van der Waals surface area contributed by atoms with Gasteiger partial charge in [-0.15, -0.1) is 0 Å². The molecule has 1 unspecified atom stereocenters. The third-order valence-electron chi connectivity index (χ3n) is 5.68. The molecule has 1 saturated heterocycles. The molecule has 4 rings (SSSR count). The van der Waals surface area contributed by atoms with Gasteiger partial charge in [0.2, 0.25) is 10.0 Å². The van der Waals surface area contributed by atoms with Crippen molar-refractivity contribution in [2.75, 3.05) is 32.5 Å². The van der Waals surface area contributed by atoms with Gasteiger partial charge in [0.05, 0.1) is 16.6 Å². The fourth-order valence-electron chi connectivity index (χ4n) is 4.13. The van der Waals surface area contributed by atoms with Gasteiger partial charge in [-0.05, 0) is 50.6 Å². The number of fused-ring (bicyclic) bond motifs is 1. The first-order chi connectivity index (χ1) is 13.9. The molecule has 29 heavy (non-hydrogen) atoms. The number of benzene rings is 1. The lowest BCUT2D eigenvalue weighted by Gasteiger charge is -2.35. The molecule has 1 N–H and O–H groups in total. The molecule has 0 radical (unpaired) electrons. The first-order valence-electron chi connectivity index (χ1n) is 9.93. The number of halogens is 1. The Morgan fingerprint density at radius 2 is 1.90 bits per heavy atom. The SMILES string of the molecule is CNc1nc(C2CCCCN2S(=O)(=O)c2ccc(F)cc2)nc2c1CCN(C)C2. The van der Waals surface area contributed by atoms with E-state index >= 15 is 0 Å². The highest BCUT2D eigenvalue weighted by Crippen LogP contribution is 2.35. The molecule has 1 fully saturated rings. The van der Waals surface area contributed by atoms with Gasteiger partial charge in [-0.2, -0.15) is 4.31 Å². The lowest BCUT2D eigenvalue weighted by Crippen LogP contribution is -2.40. The van der Waals surface area contributed by atoms with Gasteiger partial charge in [-0.25, -0.2) is 22.8 Å². The predicted molar refractivity (Wildman–Crippen MR) is 109 cm³/mol. The number of piperidine rings is 1. The van der Waals surface area contributed by atoms with E-state index in [9.17, 15) is 12.8 Å². The minimum absolute atomic E-state index is 0.0948. The summed E-state index contributed by atoms with van der Waals surface area (Å²) in [7, 11) is 0.111. The van der Waals surface area contributed by atoms with Gasteiger partial charge in [0.15, 0.2) is 0 Å². The van der Waals surface area contributed by atoms with Crippen LogP contribution in [0.4, 0.5) is 10.2 Å². The molecule has 0 bridgehead atoms. The molecule has 1 aromatic heterocycles. The van der Waals surface area contributed by atoms with Crippen molar-refractivity contribution in [1.29, 1.82) is 0 Å². The molecule has 7 nitrogen and oxygen atoms in total. The third-order valence-corrected chi connectivity index (χ3v) is 7.60. The second-order valence-electron chi connectivity index (χ2n) is 7.67. The normalized spacial score (nSPS) is 21.0. The molecule has 1 atom stereocenters.